The van der Waals surface area contributed by atoms with Crippen molar-refractivity contribution in [3.8, 4) is 17.2 Å². The second kappa shape index (κ2) is 11.7. The second-order valence-corrected chi connectivity index (χ2v) is 6.42. The fraction of sp³-hybridized carbons (Fsp3) is 0.292. The van der Waals surface area contributed by atoms with Crippen LogP contribution in [-0.2, 0) is 11.3 Å². The molecule has 0 aromatic heterocycles. The first-order chi connectivity index (χ1) is 14.5. The van der Waals surface area contributed by atoms with Gasteiger partial charge in [0.2, 0.25) is 5.91 Å². The summed E-state index contributed by atoms with van der Waals surface area (Å²) in [5.41, 5.74) is 1.42. The molecule has 2 rings (SSSR count). The number of nitrogens with zero attached hydrogens (tertiary/aromatic N) is 1. The molecule has 0 aliphatic heterocycles. The average Bonchev–Trinajstić information content (AvgIpc) is 2.77. The number of benzene rings is 2. The van der Waals surface area contributed by atoms with E-state index in [1.165, 1.54) is 13.0 Å². The maximum atomic E-state index is 12.9. The van der Waals surface area contributed by atoms with Gasteiger partial charge in [0.25, 0.3) is 0 Å². The van der Waals surface area contributed by atoms with Crippen molar-refractivity contribution in [3.05, 3.63) is 77.7 Å². The summed E-state index contributed by atoms with van der Waals surface area (Å²) in [4.78, 5) is 14.2. The minimum Gasteiger partial charge on any atom is -0.497 e. The molecule has 0 spiro atoms. The Kier molecular flexibility index (Phi) is 8.94. The maximum absolute atomic E-state index is 12.9. The minimum atomic E-state index is -0.636. The van der Waals surface area contributed by atoms with E-state index in [0.29, 0.717) is 35.1 Å². The number of halogens is 1. The van der Waals surface area contributed by atoms with E-state index in [1.807, 2.05) is 31.2 Å². The topological polar surface area (TPSA) is 48.0 Å². The van der Waals surface area contributed by atoms with Gasteiger partial charge < -0.3 is 19.1 Å². The standard InChI is InChI=1S/C24H28FNO4/c1-5-22(24(12-9-15-25)30-20-10-7-6-8-11-20)26(18(2)27)17-19-16-21(28-3)13-14-23(19)29-4/h6-14,16H,5,15,17H2,1-4H3. The van der Waals surface area contributed by atoms with Gasteiger partial charge in [0.05, 0.1) is 26.5 Å². The van der Waals surface area contributed by atoms with E-state index >= 15 is 0 Å². The fourth-order valence-corrected chi connectivity index (χ4v) is 3.03. The first kappa shape index (κ1) is 23.0. The minimum absolute atomic E-state index is 0.167. The van der Waals surface area contributed by atoms with Crippen LogP contribution >= 0.6 is 0 Å². The van der Waals surface area contributed by atoms with Crippen molar-refractivity contribution in [1.29, 1.82) is 0 Å². The number of para-hydroxylation sites is 1. The van der Waals surface area contributed by atoms with Crippen LogP contribution in [0.1, 0.15) is 25.8 Å². The van der Waals surface area contributed by atoms with Crippen LogP contribution in [0.25, 0.3) is 0 Å². The summed E-state index contributed by atoms with van der Waals surface area (Å²) in [5.74, 6) is 2.15. The Hall–Kier alpha value is -3.28. The molecule has 0 aliphatic rings. The lowest BCUT2D eigenvalue weighted by molar-refractivity contribution is -0.127. The van der Waals surface area contributed by atoms with Gasteiger partial charge in [-0.25, -0.2) is 4.39 Å². The molecule has 160 valence electrons. The van der Waals surface area contributed by atoms with Gasteiger partial charge in [-0.2, -0.15) is 0 Å². The lowest BCUT2D eigenvalue weighted by Crippen LogP contribution is -2.29. The number of amides is 1. The molecular weight excluding hydrogens is 385 g/mol. The highest BCUT2D eigenvalue weighted by Gasteiger charge is 2.20. The fourth-order valence-electron chi connectivity index (χ4n) is 3.03. The number of rotatable bonds is 10. The number of hydrogen-bond donors (Lipinski definition) is 0. The Bertz CT molecular complexity index is 893. The molecule has 30 heavy (non-hydrogen) atoms. The van der Waals surface area contributed by atoms with Gasteiger partial charge in [-0.15, -0.1) is 0 Å². The van der Waals surface area contributed by atoms with Gasteiger partial charge in [0, 0.05) is 12.5 Å². The zero-order chi connectivity index (χ0) is 21.9. The van der Waals surface area contributed by atoms with Crippen molar-refractivity contribution >= 4 is 5.91 Å². The number of allylic oxidation sites excluding steroid dienone is 3. The summed E-state index contributed by atoms with van der Waals surface area (Å²) in [7, 11) is 3.16. The Labute approximate surface area is 177 Å². The number of carbonyl (C=O) groups excluding carboxylic acids is 1. The first-order valence-corrected chi connectivity index (χ1v) is 9.71. The van der Waals surface area contributed by atoms with E-state index in [9.17, 15) is 9.18 Å². The molecule has 0 bridgehead atoms. The van der Waals surface area contributed by atoms with E-state index in [4.69, 9.17) is 14.2 Å². The van der Waals surface area contributed by atoms with Crippen LogP contribution in [0.2, 0.25) is 0 Å². The molecule has 0 aliphatic carbocycles. The van der Waals surface area contributed by atoms with Crippen molar-refractivity contribution in [3.63, 3.8) is 0 Å². The molecule has 2 aromatic carbocycles. The van der Waals surface area contributed by atoms with Crippen LogP contribution in [0.3, 0.4) is 0 Å². The Morgan fingerprint density at radius 1 is 1.07 bits per heavy atom. The Morgan fingerprint density at radius 2 is 1.80 bits per heavy atom. The van der Waals surface area contributed by atoms with E-state index in [-0.39, 0.29) is 12.5 Å². The van der Waals surface area contributed by atoms with Crippen LogP contribution in [0.15, 0.2) is 72.1 Å². The highest BCUT2D eigenvalue weighted by molar-refractivity contribution is 5.75. The second-order valence-electron chi connectivity index (χ2n) is 6.42. The molecule has 0 radical (unpaired) electrons. The molecule has 0 atom stereocenters. The van der Waals surface area contributed by atoms with Crippen LogP contribution in [0.4, 0.5) is 4.39 Å². The number of alkyl halides is 1. The van der Waals surface area contributed by atoms with E-state index < -0.39 is 6.67 Å². The number of ether oxygens (including phenoxy) is 3. The van der Waals surface area contributed by atoms with Gasteiger partial charge >= 0.3 is 0 Å². The molecule has 0 saturated heterocycles. The first-order valence-electron chi connectivity index (χ1n) is 9.71. The summed E-state index contributed by atoms with van der Waals surface area (Å²) >= 11 is 0. The molecule has 0 heterocycles. The molecule has 0 saturated carbocycles. The SMILES string of the molecule is CCC(=C(C=CCF)Oc1ccccc1)N(Cc1cc(OC)ccc1OC)C(C)=O. The molecule has 0 unspecified atom stereocenters. The lowest BCUT2D eigenvalue weighted by Gasteiger charge is -2.26. The van der Waals surface area contributed by atoms with Gasteiger partial charge in [-0.1, -0.05) is 31.2 Å². The van der Waals surface area contributed by atoms with Crippen LogP contribution in [0, 0.1) is 0 Å². The third-order valence-electron chi connectivity index (χ3n) is 4.47. The number of methoxy groups -OCH3 is 2. The molecule has 1 amide bonds. The molecule has 0 fully saturated rings. The zero-order valence-electron chi connectivity index (χ0n) is 17.9. The number of carbonyl (C=O) groups is 1. The van der Waals surface area contributed by atoms with Crippen molar-refractivity contribution in [2.45, 2.75) is 26.8 Å². The van der Waals surface area contributed by atoms with Gasteiger partial charge in [0.1, 0.15) is 29.7 Å². The van der Waals surface area contributed by atoms with Crippen molar-refractivity contribution < 1.29 is 23.4 Å². The summed E-state index contributed by atoms with van der Waals surface area (Å²) in [6.07, 6.45) is 3.42. The average molecular weight is 413 g/mol. The van der Waals surface area contributed by atoms with Crippen LogP contribution in [-0.4, -0.2) is 31.7 Å². The summed E-state index contributed by atoms with van der Waals surface area (Å²) < 4.78 is 29.7. The van der Waals surface area contributed by atoms with E-state index in [1.54, 1.807) is 49.5 Å². The van der Waals surface area contributed by atoms with Gasteiger partial charge in [-0.05, 0) is 42.8 Å². The highest BCUT2D eigenvalue weighted by atomic mass is 19.1. The monoisotopic (exact) mass is 413 g/mol. The quantitative estimate of drug-likeness (QED) is 0.393. The summed E-state index contributed by atoms with van der Waals surface area (Å²) in [6, 6.07) is 14.6. The molecule has 6 heteroatoms. The maximum Gasteiger partial charge on any atom is 0.224 e. The summed E-state index contributed by atoms with van der Waals surface area (Å²) in [6.45, 7) is 3.03. The van der Waals surface area contributed by atoms with Crippen LogP contribution in [0.5, 0.6) is 17.2 Å². The normalized spacial score (nSPS) is 11.8. The predicted octanol–water partition coefficient (Wildman–Crippen LogP) is 5.28. The zero-order valence-corrected chi connectivity index (χ0v) is 17.9. The predicted molar refractivity (Wildman–Crippen MR) is 115 cm³/mol. The molecular formula is C24H28FNO4. The Balaban J connectivity index is 2.51. The van der Waals surface area contributed by atoms with Gasteiger partial charge in [-0.3, -0.25) is 4.79 Å². The molecule has 2 aromatic rings. The molecule has 0 N–H and O–H groups in total. The third kappa shape index (κ3) is 6.11. The largest absolute Gasteiger partial charge is 0.497 e. The molecule has 5 nitrogen and oxygen atoms in total. The van der Waals surface area contributed by atoms with Crippen LogP contribution < -0.4 is 14.2 Å². The Morgan fingerprint density at radius 3 is 2.37 bits per heavy atom. The van der Waals surface area contributed by atoms with E-state index in [0.717, 1.165) is 5.56 Å². The lowest BCUT2D eigenvalue weighted by atomic mass is 10.1. The van der Waals surface area contributed by atoms with Gasteiger partial charge in [0.15, 0.2) is 0 Å². The van der Waals surface area contributed by atoms with Crippen molar-refractivity contribution in [1.82, 2.24) is 4.90 Å². The smallest absolute Gasteiger partial charge is 0.224 e. The summed E-state index contributed by atoms with van der Waals surface area (Å²) in [5, 5.41) is 0. The van der Waals surface area contributed by atoms with Crippen molar-refractivity contribution in [2.24, 2.45) is 0 Å². The van der Waals surface area contributed by atoms with E-state index in [2.05, 4.69) is 0 Å². The number of hydrogen-bond acceptors (Lipinski definition) is 4. The van der Waals surface area contributed by atoms with Crippen molar-refractivity contribution in [2.75, 3.05) is 20.9 Å². The highest BCUT2D eigenvalue weighted by Crippen LogP contribution is 2.29. The third-order valence-corrected chi connectivity index (χ3v) is 4.47.